The molecule has 0 bridgehead atoms. The molecule has 0 aliphatic carbocycles. The minimum Gasteiger partial charge on any atom is -0.394 e. The summed E-state index contributed by atoms with van der Waals surface area (Å²) in [5, 5.41) is 47.5. The minimum atomic E-state index is -1.55. The van der Waals surface area contributed by atoms with E-state index in [0.29, 0.717) is 0 Å². The fourth-order valence-corrected chi connectivity index (χ4v) is 0.893. The molecule has 0 aliphatic rings. The number of likely N-dealkylation sites (N-methyl/N-ethyl adjacent to an activating group) is 1. The fourth-order valence-electron chi connectivity index (χ4n) is 0.893. The van der Waals surface area contributed by atoms with Gasteiger partial charge in [0.15, 0.2) is 0 Å². The van der Waals surface area contributed by atoms with Gasteiger partial charge in [-0.2, -0.15) is 0 Å². The second kappa shape index (κ2) is 8.77. The van der Waals surface area contributed by atoms with Gasteiger partial charge in [-0.25, -0.2) is 0 Å². The van der Waals surface area contributed by atoms with Gasteiger partial charge in [0.25, 0.3) is 0 Å². The number of aliphatic hydroxyl groups excluding tert-OH is 5. The Kier molecular flexibility index (Phi) is 10.6. The minimum absolute atomic E-state index is 0. The zero-order valence-electron chi connectivity index (χ0n) is 7.87. The Labute approximate surface area is 99.6 Å². The van der Waals surface area contributed by atoms with Crippen LogP contribution in [0.3, 0.4) is 0 Å². The van der Waals surface area contributed by atoms with Crippen molar-refractivity contribution in [3.63, 3.8) is 0 Å². The summed E-state index contributed by atoms with van der Waals surface area (Å²) in [6.45, 7) is -0.569. The van der Waals surface area contributed by atoms with E-state index in [1.165, 1.54) is 0 Å². The Hall–Kier alpha value is 0.490. The number of hydrogen-bond donors (Lipinski definition) is 6. The van der Waals surface area contributed by atoms with Crippen molar-refractivity contribution < 1.29 is 25.5 Å². The van der Waals surface area contributed by atoms with Crippen LogP contribution in [0.15, 0.2) is 0 Å². The molecule has 0 saturated carbocycles. The van der Waals surface area contributed by atoms with Crippen molar-refractivity contribution in [2.24, 2.45) is 0 Å². The van der Waals surface area contributed by atoms with Gasteiger partial charge in [0.05, 0.1) is 12.7 Å². The highest BCUT2D eigenvalue weighted by molar-refractivity contribution is 14.0. The molecule has 0 rings (SSSR count). The standard InChI is InChI=1S/C7H17NO5.HI/c1-8-2-4(10)6(12)7(13)5(11)3-9;/h4-13H,2-3H2,1H3;1H/t4-,5+,6+,7+;/m1./s1. The average molecular weight is 323 g/mol. The number of rotatable bonds is 6. The molecule has 6 nitrogen and oxygen atoms in total. The number of aliphatic hydroxyl groups is 5. The predicted molar refractivity (Wildman–Crippen MR) is 60.5 cm³/mol. The SMILES string of the molecule is CNC[C@@H](O)[C@H](O)[C@@H](O)[C@@H](O)CO.I. The molecular formula is C7H18INO5. The highest BCUT2D eigenvalue weighted by Gasteiger charge is 2.29. The van der Waals surface area contributed by atoms with Crippen LogP contribution in [-0.4, -0.2) is 70.1 Å². The second-order valence-electron chi connectivity index (χ2n) is 2.86. The molecule has 6 N–H and O–H groups in total. The lowest BCUT2D eigenvalue weighted by molar-refractivity contribution is -0.113. The maximum atomic E-state index is 9.21. The molecule has 88 valence electrons. The van der Waals surface area contributed by atoms with E-state index >= 15 is 0 Å². The maximum absolute atomic E-state index is 9.21. The first-order valence-electron chi connectivity index (χ1n) is 4.02. The van der Waals surface area contributed by atoms with Gasteiger partial charge in [-0.1, -0.05) is 0 Å². The van der Waals surface area contributed by atoms with Crippen molar-refractivity contribution in [1.29, 1.82) is 0 Å². The molecule has 0 aromatic heterocycles. The van der Waals surface area contributed by atoms with E-state index in [4.69, 9.17) is 20.4 Å². The molecule has 0 spiro atoms. The Morgan fingerprint density at radius 2 is 1.43 bits per heavy atom. The summed E-state index contributed by atoms with van der Waals surface area (Å²) in [5.74, 6) is 0. The number of halogens is 1. The monoisotopic (exact) mass is 323 g/mol. The molecule has 0 aliphatic heterocycles. The van der Waals surface area contributed by atoms with Crippen molar-refractivity contribution >= 4 is 24.0 Å². The zero-order chi connectivity index (χ0) is 10.4. The summed E-state index contributed by atoms with van der Waals surface area (Å²) in [6, 6.07) is 0. The van der Waals surface area contributed by atoms with Crippen molar-refractivity contribution in [3.8, 4) is 0 Å². The molecule has 7 heteroatoms. The molecule has 4 atom stereocenters. The van der Waals surface area contributed by atoms with Gasteiger partial charge >= 0.3 is 0 Å². The largest absolute Gasteiger partial charge is 0.394 e. The van der Waals surface area contributed by atoms with Crippen LogP contribution in [0, 0.1) is 0 Å². The molecular weight excluding hydrogens is 305 g/mol. The van der Waals surface area contributed by atoms with E-state index in [1.54, 1.807) is 7.05 Å². The van der Waals surface area contributed by atoms with Gasteiger partial charge in [0.1, 0.15) is 18.3 Å². The lowest BCUT2D eigenvalue weighted by atomic mass is 10.0. The molecule has 0 amide bonds. The lowest BCUT2D eigenvalue weighted by Gasteiger charge is -2.25. The summed E-state index contributed by atoms with van der Waals surface area (Å²) < 4.78 is 0. The van der Waals surface area contributed by atoms with Gasteiger partial charge in [-0.05, 0) is 7.05 Å². The fraction of sp³-hybridized carbons (Fsp3) is 1.00. The first-order chi connectivity index (χ1) is 6.04. The molecule has 0 heterocycles. The summed E-state index contributed by atoms with van der Waals surface area (Å²) in [6.07, 6.45) is -5.65. The molecule has 0 fully saturated rings. The Balaban J connectivity index is 0. The molecule has 0 unspecified atom stereocenters. The van der Waals surface area contributed by atoms with Crippen LogP contribution in [0.2, 0.25) is 0 Å². The van der Waals surface area contributed by atoms with Crippen molar-refractivity contribution in [3.05, 3.63) is 0 Å². The predicted octanol–water partition coefficient (Wildman–Crippen LogP) is -2.74. The third-order valence-electron chi connectivity index (χ3n) is 1.74. The van der Waals surface area contributed by atoms with E-state index in [2.05, 4.69) is 5.32 Å². The third kappa shape index (κ3) is 5.39. The summed E-state index contributed by atoms with van der Waals surface area (Å²) in [7, 11) is 1.57. The number of nitrogens with one attached hydrogen (secondary N) is 1. The van der Waals surface area contributed by atoms with Crippen LogP contribution in [-0.2, 0) is 0 Å². The van der Waals surface area contributed by atoms with Crippen LogP contribution < -0.4 is 5.32 Å². The van der Waals surface area contributed by atoms with Gasteiger partial charge in [-0.15, -0.1) is 24.0 Å². The zero-order valence-corrected chi connectivity index (χ0v) is 10.2. The molecule has 0 radical (unpaired) electrons. The van der Waals surface area contributed by atoms with Crippen LogP contribution in [0.4, 0.5) is 0 Å². The summed E-state index contributed by atoms with van der Waals surface area (Å²) in [5.41, 5.74) is 0. The van der Waals surface area contributed by atoms with E-state index < -0.39 is 31.0 Å². The molecule has 0 aromatic rings. The van der Waals surface area contributed by atoms with Gasteiger partial charge in [-0.3, -0.25) is 0 Å². The quantitative estimate of drug-likeness (QED) is 0.296. The van der Waals surface area contributed by atoms with Gasteiger partial charge in [0.2, 0.25) is 0 Å². The van der Waals surface area contributed by atoms with Crippen LogP contribution in [0.25, 0.3) is 0 Å². The van der Waals surface area contributed by atoms with E-state index in [9.17, 15) is 5.11 Å². The first-order valence-corrected chi connectivity index (χ1v) is 4.02. The van der Waals surface area contributed by atoms with E-state index in [1.807, 2.05) is 0 Å². The summed E-state index contributed by atoms with van der Waals surface area (Å²) in [4.78, 5) is 0. The van der Waals surface area contributed by atoms with E-state index in [0.717, 1.165) is 0 Å². The molecule has 0 saturated heterocycles. The second-order valence-corrected chi connectivity index (χ2v) is 2.86. The third-order valence-corrected chi connectivity index (χ3v) is 1.74. The van der Waals surface area contributed by atoms with Crippen molar-refractivity contribution in [1.82, 2.24) is 5.32 Å². The summed E-state index contributed by atoms with van der Waals surface area (Å²) >= 11 is 0. The Morgan fingerprint density at radius 1 is 1.00 bits per heavy atom. The molecule has 0 aromatic carbocycles. The number of hydrogen-bond acceptors (Lipinski definition) is 6. The average Bonchev–Trinajstić information content (AvgIpc) is 2.14. The van der Waals surface area contributed by atoms with Crippen LogP contribution >= 0.6 is 24.0 Å². The highest BCUT2D eigenvalue weighted by atomic mass is 127. The maximum Gasteiger partial charge on any atom is 0.111 e. The van der Waals surface area contributed by atoms with Crippen LogP contribution in [0.1, 0.15) is 0 Å². The lowest BCUT2D eigenvalue weighted by Crippen LogP contribution is -2.48. The Morgan fingerprint density at radius 3 is 1.79 bits per heavy atom. The first kappa shape index (κ1) is 16.9. The van der Waals surface area contributed by atoms with Crippen molar-refractivity contribution in [2.45, 2.75) is 24.4 Å². The Bertz CT molecular complexity index is 139. The van der Waals surface area contributed by atoms with E-state index in [-0.39, 0.29) is 30.5 Å². The topological polar surface area (TPSA) is 113 Å². The van der Waals surface area contributed by atoms with Crippen molar-refractivity contribution in [2.75, 3.05) is 20.2 Å². The molecule has 14 heavy (non-hydrogen) atoms. The van der Waals surface area contributed by atoms with Crippen LogP contribution in [0.5, 0.6) is 0 Å². The van der Waals surface area contributed by atoms with Gasteiger partial charge < -0.3 is 30.8 Å². The normalized spacial score (nSPS) is 19.3. The smallest absolute Gasteiger partial charge is 0.111 e. The highest BCUT2D eigenvalue weighted by Crippen LogP contribution is 2.04. The van der Waals surface area contributed by atoms with Gasteiger partial charge in [0, 0.05) is 6.54 Å².